The fourth-order valence-corrected chi connectivity index (χ4v) is 3.20. The number of primary amides is 1. The van der Waals surface area contributed by atoms with Crippen molar-refractivity contribution >= 4 is 29.1 Å². The van der Waals surface area contributed by atoms with Crippen molar-refractivity contribution in [3.8, 4) is 0 Å². The summed E-state index contributed by atoms with van der Waals surface area (Å²) in [5.74, 6) is -1.86. The maximum atomic E-state index is 13.5. The number of hydrogen-bond donors (Lipinski definition) is 2. The van der Waals surface area contributed by atoms with Gasteiger partial charge in [-0.3, -0.25) is 9.78 Å². The van der Waals surface area contributed by atoms with Crippen molar-refractivity contribution in [3.63, 3.8) is 0 Å². The first-order chi connectivity index (χ1) is 13.2. The normalized spacial score (nSPS) is 18.6. The van der Waals surface area contributed by atoms with Crippen LogP contribution in [0, 0.1) is 25.5 Å². The third-order valence-corrected chi connectivity index (χ3v) is 4.39. The monoisotopic (exact) mass is 387 g/mol. The van der Waals surface area contributed by atoms with Gasteiger partial charge in [-0.1, -0.05) is 0 Å². The highest BCUT2D eigenvalue weighted by atomic mass is 19.2. The van der Waals surface area contributed by atoms with Gasteiger partial charge in [-0.25, -0.2) is 8.78 Å². The van der Waals surface area contributed by atoms with Gasteiger partial charge in [0.15, 0.2) is 17.3 Å². The molecule has 1 amide bonds. The van der Waals surface area contributed by atoms with E-state index >= 15 is 0 Å². The topological polar surface area (TPSA) is 92.7 Å². The molecule has 1 aromatic heterocycles. The number of aromatic nitrogens is 1. The summed E-state index contributed by atoms with van der Waals surface area (Å²) in [6.07, 6.45) is -0.0965. The number of pyridine rings is 1. The van der Waals surface area contributed by atoms with Gasteiger partial charge < -0.3 is 11.1 Å². The minimum Gasteiger partial charge on any atom is -0.369 e. The molecule has 0 radical (unpaired) electrons. The molecule has 0 spiro atoms. The van der Waals surface area contributed by atoms with E-state index in [1.54, 1.807) is 0 Å². The summed E-state index contributed by atoms with van der Waals surface area (Å²) in [7, 11) is 0. The molecule has 7 nitrogen and oxygen atoms in total. The standard InChI is InChI=1S/C19H20F2N6O/c1-4-27(14-7-11(2)23-12(3)8-14)18(10-17(22)28)25-19(26-27)24-13-5-6-15(20)16(21)9-13/h5-9H,4,10H2,1-3H3,(H2-,22,24,26,28)/p+1. The molecule has 0 saturated carbocycles. The number of benzene rings is 1. The average Bonchev–Trinajstić information content (AvgIpc) is 2.95. The molecule has 0 bridgehead atoms. The van der Waals surface area contributed by atoms with Gasteiger partial charge in [-0.15, -0.1) is 4.59 Å². The molecular weight excluding hydrogens is 366 g/mol. The van der Waals surface area contributed by atoms with Gasteiger partial charge in [0.05, 0.1) is 0 Å². The zero-order valence-electron chi connectivity index (χ0n) is 15.8. The number of aliphatic imine (C=N–C) groups is 1. The number of carbonyl (C=O) groups excluding carboxylic acids is 1. The lowest BCUT2D eigenvalue weighted by atomic mass is 10.2. The van der Waals surface area contributed by atoms with E-state index in [0.717, 1.165) is 29.2 Å². The Bertz CT molecular complexity index is 984. The van der Waals surface area contributed by atoms with E-state index in [0.29, 0.717) is 12.4 Å². The summed E-state index contributed by atoms with van der Waals surface area (Å²) in [5.41, 5.74) is 8.10. The number of aryl methyl sites for hydroxylation is 2. The van der Waals surface area contributed by atoms with Crippen LogP contribution in [-0.4, -0.2) is 29.2 Å². The first-order valence-electron chi connectivity index (χ1n) is 8.76. The fraction of sp³-hybridized carbons (Fsp3) is 0.263. The Labute approximate surface area is 161 Å². The smallest absolute Gasteiger partial charge is 0.286 e. The van der Waals surface area contributed by atoms with E-state index in [-0.39, 0.29) is 22.7 Å². The van der Waals surface area contributed by atoms with E-state index in [1.807, 2.05) is 32.9 Å². The summed E-state index contributed by atoms with van der Waals surface area (Å²) in [6.45, 7) is 6.12. The first-order valence-corrected chi connectivity index (χ1v) is 8.76. The quantitative estimate of drug-likeness (QED) is 0.773. The molecule has 1 aliphatic rings. The van der Waals surface area contributed by atoms with Crippen LogP contribution < -0.4 is 15.6 Å². The fourth-order valence-electron chi connectivity index (χ4n) is 3.20. The summed E-state index contributed by atoms with van der Waals surface area (Å²) < 4.78 is 26.6. The molecule has 28 heavy (non-hydrogen) atoms. The molecule has 146 valence electrons. The second kappa shape index (κ2) is 7.43. The van der Waals surface area contributed by atoms with E-state index in [2.05, 4.69) is 20.4 Å². The maximum absolute atomic E-state index is 13.5. The predicted octanol–water partition coefficient (Wildman–Crippen LogP) is 2.97. The Morgan fingerprint density at radius 2 is 1.82 bits per heavy atom. The van der Waals surface area contributed by atoms with Crippen molar-refractivity contribution in [1.82, 2.24) is 9.58 Å². The van der Waals surface area contributed by atoms with Gasteiger partial charge in [-0.2, -0.15) is 4.99 Å². The number of rotatable bonds is 5. The molecule has 0 fully saturated rings. The van der Waals surface area contributed by atoms with Crippen LogP contribution in [0.2, 0.25) is 0 Å². The molecule has 1 unspecified atom stereocenters. The van der Waals surface area contributed by atoms with Crippen LogP contribution in [0.3, 0.4) is 0 Å². The highest BCUT2D eigenvalue weighted by Crippen LogP contribution is 2.31. The molecule has 3 N–H and O–H groups in total. The second-order valence-corrected chi connectivity index (χ2v) is 6.54. The molecule has 3 rings (SSSR count). The minimum atomic E-state index is -0.985. The number of nitrogens with zero attached hydrogens (tertiary/aromatic N) is 4. The van der Waals surface area contributed by atoms with Crippen LogP contribution in [0.5, 0.6) is 0 Å². The molecule has 1 aromatic carbocycles. The van der Waals surface area contributed by atoms with Gasteiger partial charge >= 0.3 is 0 Å². The maximum Gasteiger partial charge on any atom is 0.286 e. The van der Waals surface area contributed by atoms with E-state index < -0.39 is 17.5 Å². The summed E-state index contributed by atoms with van der Waals surface area (Å²) >= 11 is 0. The number of nitrogens with two attached hydrogens (primary N) is 1. The highest BCUT2D eigenvalue weighted by molar-refractivity contribution is 6.15. The van der Waals surface area contributed by atoms with Crippen LogP contribution >= 0.6 is 0 Å². The van der Waals surface area contributed by atoms with Gasteiger partial charge in [0, 0.05) is 35.3 Å². The SMILES string of the molecule is CC[N+]1(c2cc(C)nc(C)c2)N=C(Nc2ccc(F)c(F)c2)N=C1CC(N)=O. The number of amidine groups is 1. The van der Waals surface area contributed by atoms with Crippen molar-refractivity contribution < 1.29 is 13.6 Å². The zero-order valence-corrected chi connectivity index (χ0v) is 15.8. The average molecular weight is 387 g/mol. The van der Waals surface area contributed by atoms with Crippen LogP contribution in [0.1, 0.15) is 24.7 Å². The molecule has 1 aliphatic heterocycles. The minimum absolute atomic E-state index is 0.0564. The molecule has 0 saturated heterocycles. The van der Waals surface area contributed by atoms with Crippen molar-refractivity contribution in [2.45, 2.75) is 27.2 Å². The first kappa shape index (κ1) is 19.6. The van der Waals surface area contributed by atoms with Crippen LogP contribution in [0.25, 0.3) is 0 Å². The van der Waals surface area contributed by atoms with Crippen molar-refractivity contribution in [2.75, 3.05) is 11.9 Å². The summed E-state index contributed by atoms with van der Waals surface area (Å²) in [5, 5.41) is 7.53. The third kappa shape index (κ3) is 3.74. The van der Waals surface area contributed by atoms with E-state index in [1.165, 1.54) is 6.07 Å². The number of anilines is 1. The van der Waals surface area contributed by atoms with E-state index in [9.17, 15) is 13.6 Å². The number of quaternary nitrogens is 1. The number of carbonyl (C=O) groups is 1. The zero-order chi connectivity index (χ0) is 20.5. The largest absolute Gasteiger partial charge is 0.369 e. The highest BCUT2D eigenvalue weighted by Gasteiger charge is 2.43. The van der Waals surface area contributed by atoms with E-state index in [4.69, 9.17) is 5.73 Å². The van der Waals surface area contributed by atoms with Crippen molar-refractivity contribution in [2.24, 2.45) is 15.8 Å². The molecule has 9 heteroatoms. The number of hydrogen-bond acceptors (Lipinski definition) is 5. The Kier molecular flexibility index (Phi) is 5.19. The Morgan fingerprint density at radius 3 is 2.39 bits per heavy atom. The lowest BCUT2D eigenvalue weighted by Gasteiger charge is -2.27. The van der Waals surface area contributed by atoms with Gasteiger partial charge in [0.25, 0.3) is 5.96 Å². The summed E-state index contributed by atoms with van der Waals surface area (Å²) in [4.78, 5) is 20.4. The Hall–Kier alpha value is -3.20. The number of halogens is 2. The van der Waals surface area contributed by atoms with Crippen molar-refractivity contribution in [3.05, 3.63) is 53.4 Å². The molecule has 2 heterocycles. The Balaban J connectivity index is 2.06. The lowest BCUT2D eigenvalue weighted by molar-refractivity contribution is -0.117. The molecule has 2 aromatic rings. The van der Waals surface area contributed by atoms with Gasteiger partial charge in [0.1, 0.15) is 13.0 Å². The predicted molar refractivity (Wildman–Crippen MR) is 105 cm³/mol. The second-order valence-electron chi connectivity index (χ2n) is 6.54. The number of nitrogens with one attached hydrogen (secondary N) is 1. The number of guanidine groups is 1. The van der Waals surface area contributed by atoms with Crippen LogP contribution in [-0.2, 0) is 4.79 Å². The van der Waals surface area contributed by atoms with Crippen LogP contribution in [0.4, 0.5) is 20.2 Å². The van der Waals surface area contributed by atoms with Crippen LogP contribution in [0.15, 0.2) is 40.4 Å². The molecule has 1 atom stereocenters. The van der Waals surface area contributed by atoms with Gasteiger partial charge in [0.2, 0.25) is 11.7 Å². The molecule has 0 aliphatic carbocycles. The lowest BCUT2D eigenvalue weighted by Crippen LogP contribution is -2.49. The van der Waals surface area contributed by atoms with Gasteiger partial charge in [-0.05, 0) is 38.0 Å². The Morgan fingerprint density at radius 1 is 1.14 bits per heavy atom. The number of amides is 1. The third-order valence-electron chi connectivity index (χ3n) is 4.39. The molecular formula is C19H21F2N6O+. The summed E-state index contributed by atoms with van der Waals surface area (Å²) in [6, 6.07) is 7.15. The van der Waals surface area contributed by atoms with Crippen molar-refractivity contribution in [1.29, 1.82) is 0 Å².